The summed E-state index contributed by atoms with van der Waals surface area (Å²) in [6.07, 6.45) is 51.0. The smallest absolute Gasteiger partial charge is 0.249 e. The second kappa shape index (κ2) is 47.7. The van der Waals surface area contributed by atoms with Gasteiger partial charge in [0.05, 0.1) is 25.4 Å². The van der Waals surface area contributed by atoms with E-state index in [0.717, 1.165) is 44.9 Å². The highest BCUT2D eigenvalue weighted by molar-refractivity contribution is 5.80. The Morgan fingerprint density at radius 2 is 0.897 bits per heavy atom. The van der Waals surface area contributed by atoms with Crippen LogP contribution >= 0.6 is 0 Å². The van der Waals surface area contributed by atoms with Crippen molar-refractivity contribution in [2.75, 3.05) is 13.2 Å². The van der Waals surface area contributed by atoms with Crippen LogP contribution in [0.15, 0.2) is 36.5 Å². The number of amides is 1. The Balaban J connectivity index is 2.27. The van der Waals surface area contributed by atoms with Crippen molar-refractivity contribution >= 4 is 5.91 Å². The first-order valence-corrected chi connectivity index (χ1v) is 28.8. The molecule has 0 bridgehead atoms. The van der Waals surface area contributed by atoms with Crippen LogP contribution in [-0.2, 0) is 14.3 Å². The standard InChI is InChI=1S/C58H109NO9/c1-3-5-7-9-11-13-15-17-19-21-22-23-24-25-26-27-28-29-31-33-35-37-39-41-43-45-47-52(62)57(66)59-50(49-67-58-56(65)55(64)54(63)53(48-60)68-58)51(61)46-44-42-40-38-36-34-32-30-20-18-16-14-12-10-8-6-4-2/h22-23,25-26,44,46,50-56,58,60-65H,3-21,24,27-43,45,47-49H2,1-2H3,(H,59,66)/b23-22-,26-25-,46-44+. The van der Waals surface area contributed by atoms with Gasteiger partial charge in [-0.1, -0.05) is 249 Å². The van der Waals surface area contributed by atoms with Crippen molar-refractivity contribution < 1.29 is 44.9 Å². The zero-order valence-corrected chi connectivity index (χ0v) is 44.0. The van der Waals surface area contributed by atoms with Crippen molar-refractivity contribution in [1.82, 2.24) is 5.32 Å². The van der Waals surface area contributed by atoms with Gasteiger partial charge in [0.25, 0.3) is 0 Å². The Labute approximate surface area is 417 Å². The van der Waals surface area contributed by atoms with Gasteiger partial charge in [-0.05, 0) is 51.4 Å². The molecular formula is C58H109NO9. The second-order valence-corrected chi connectivity index (χ2v) is 20.2. The van der Waals surface area contributed by atoms with E-state index in [1.165, 1.54) is 193 Å². The Hall–Kier alpha value is -1.63. The highest BCUT2D eigenvalue weighted by Gasteiger charge is 2.44. The summed E-state index contributed by atoms with van der Waals surface area (Å²) in [5, 5.41) is 65.0. The molecule has 0 radical (unpaired) electrons. The van der Waals surface area contributed by atoms with Gasteiger partial charge in [-0.15, -0.1) is 0 Å². The molecule has 10 heteroatoms. The number of ether oxygens (including phenoxy) is 2. The molecule has 1 aliphatic heterocycles. The number of carbonyl (C=O) groups is 1. The van der Waals surface area contributed by atoms with Crippen molar-refractivity contribution in [1.29, 1.82) is 0 Å². The van der Waals surface area contributed by atoms with Crippen LogP contribution in [0.1, 0.15) is 264 Å². The monoisotopic (exact) mass is 964 g/mol. The maximum atomic E-state index is 13.1. The number of hydrogen-bond acceptors (Lipinski definition) is 9. The summed E-state index contributed by atoms with van der Waals surface area (Å²) < 4.78 is 11.2. The first-order chi connectivity index (χ1) is 33.3. The van der Waals surface area contributed by atoms with E-state index in [0.29, 0.717) is 12.8 Å². The van der Waals surface area contributed by atoms with Crippen LogP contribution < -0.4 is 5.32 Å². The van der Waals surface area contributed by atoms with Crippen LogP contribution in [-0.4, -0.2) is 98.7 Å². The summed E-state index contributed by atoms with van der Waals surface area (Å²) in [5.74, 6) is -0.617. The highest BCUT2D eigenvalue weighted by Crippen LogP contribution is 2.23. The second-order valence-electron chi connectivity index (χ2n) is 20.2. The third-order valence-electron chi connectivity index (χ3n) is 13.8. The fourth-order valence-corrected chi connectivity index (χ4v) is 9.14. The van der Waals surface area contributed by atoms with E-state index in [2.05, 4.69) is 43.5 Å². The minimum atomic E-state index is -1.61. The topological polar surface area (TPSA) is 169 Å². The van der Waals surface area contributed by atoms with E-state index in [9.17, 15) is 35.4 Å². The maximum Gasteiger partial charge on any atom is 0.249 e. The van der Waals surface area contributed by atoms with E-state index >= 15 is 0 Å². The lowest BCUT2D eigenvalue weighted by molar-refractivity contribution is -0.302. The van der Waals surface area contributed by atoms with E-state index in [-0.39, 0.29) is 6.61 Å². The average Bonchev–Trinajstić information content (AvgIpc) is 3.34. The molecule has 1 fully saturated rings. The van der Waals surface area contributed by atoms with Gasteiger partial charge in [0.1, 0.15) is 30.5 Å². The Bertz CT molecular complexity index is 1180. The predicted molar refractivity (Wildman–Crippen MR) is 282 cm³/mol. The number of rotatable bonds is 49. The van der Waals surface area contributed by atoms with Crippen LogP contribution in [0.2, 0.25) is 0 Å². The van der Waals surface area contributed by atoms with Gasteiger partial charge in [-0.3, -0.25) is 4.79 Å². The molecule has 1 amide bonds. The lowest BCUT2D eigenvalue weighted by atomic mass is 9.99. The van der Waals surface area contributed by atoms with Crippen molar-refractivity contribution in [2.24, 2.45) is 0 Å². The molecule has 8 atom stereocenters. The van der Waals surface area contributed by atoms with Gasteiger partial charge >= 0.3 is 0 Å². The van der Waals surface area contributed by atoms with Crippen LogP contribution in [0.4, 0.5) is 0 Å². The van der Waals surface area contributed by atoms with Crippen molar-refractivity contribution in [3.63, 3.8) is 0 Å². The Morgan fingerprint density at radius 3 is 1.31 bits per heavy atom. The zero-order valence-electron chi connectivity index (χ0n) is 44.0. The zero-order chi connectivity index (χ0) is 49.6. The lowest BCUT2D eigenvalue weighted by Gasteiger charge is -2.40. The summed E-state index contributed by atoms with van der Waals surface area (Å²) in [4.78, 5) is 13.1. The van der Waals surface area contributed by atoms with E-state index in [1.54, 1.807) is 6.08 Å². The highest BCUT2D eigenvalue weighted by atomic mass is 16.7. The number of aliphatic hydroxyl groups is 6. The van der Waals surface area contributed by atoms with Crippen LogP contribution in [0, 0.1) is 0 Å². The van der Waals surface area contributed by atoms with Gasteiger partial charge in [0, 0.05) is 0 Å². The molecule has 0 saturated carbocycles. The Morgan fingerprint density at radius 1 is 0.515 bits per heavy atom. The molecule has 0 spiro atoms. The summed E-state index contributed by atoms with van der Waals surface area (Å²) >= 11 is 0. The maximum absolute atomic E-state index is 13.1. The molecule has 68 heavy (non-hydrogen) atoms. The number of aliphatic hydroxyl groups excluding tert-OH is 6. The normalized spacial score (nSPS) is 20.3. The van der Waals surface area contributed by atoms with Crippen molar-refractivity contribution in [2.45, 2.75) is 313 Å². The number of hydrogen-bond donors (Lipinski definition) is 7. The molecule has 0 aromatic carbocycles. The average molecular weight is 965 g/mol. The summed E-state index contributed by atoms with van der Waals surface area (Å²) in [5.41, 5.74) is 0. The first kappa shape index (κ1) is 64.4. The molecule has 7 N–H and O–H groups in total. The van der Waals surface area contributed by atoms with Crippen LogP contribution in [0.3, 0.4) is 0 Å². The van der Waals surface area contributed by atoms with E-state index in [1.807, 2.05) is 6.08 Å². The van der Waals surface area contributed by atoms with E-state index in [4.69, 9.17) is 9.47 Å². The number of carbonyl (C=O) groups excluding carboxylic acids is 1. The Kier molecular flexibility index (Phi) is 45.1. The van der Waals surface area contributed by atoms with Gasteiger partial charge < -0.3 is 45.4 Å². The third kappa shape index (κ3) is 36.3. The SMILES string of the molecule is CCCCCCCCCCC/C=C\C/C=C\CCCCCCCCCCCCC(O)C(=O)NC(COC1OC(CO)C(O)C(O)C1O)C(O)/C=C/CCCCCCCCCCCCCCCCC. The fraction of sp³-hybridized carbons (Fsp3) is 0.879. The molecule has 1 saturated heterocycles. The summed E-state index contributed by atoms with van der Waals surface area (Å²) in [6, 6.07) is -0.982. The van der Waals surface area contributed by atoms with Crippen molar-refractivity contribution in [3.05, 3.63) is 36.5 Å². The minimum absolute atomic E-state index is 0.306. The number of allylic oxidation sites excluding steroid dienone is 5. The van der Waals surface area contributed by atoms with Gasteiger partial charge in [0.15, 0.2) is 6.29 Å². The van der Waals surface area contributed by atoms with Gasteiger partial charge in [-0.2, -0.15) is 0 Å². The van der Waals surface area contributed by atoms with Gasteiger partial charge in [-0.25, -0.2) is 0 Å². The minimum Gasteiger partial charge on any atom is -0.394 e. The largest absolute Gasteiger partial charge is 0.394 e. The van der Waals surface area contributed by atoms with Crippen LogP contribution in [0.5, 0.6) is 0 Å². The molecule has 400 valence electrons. The molecule has 1 rings (SSSR count). The molecule has 0 aliphatic carbocycles. The molecule has 0 aromatic heterocycles. The molecular weight excluding hydrogens is 855 g/mol. The number of unbranched alkanes of at least 4 members (excludes halogenated alkanes) is 34. The fourth-order valence-electron chi connectivity index (χ4n) is 9.14. The van der Waals surface area contributed by atoms with E-state index < -0.39 is 61.5 Å². The molecule has 1 heterocycles. The predicted octanol–water partition coefficient (Wildman–Crippen LogP) is 12.9. The summed E-state index contributed by atoms with van der Waals surface area (Å²) in [7, 11) is 0. The molecule has 8 unspecified atom stereocenters. The summed E-state index contributed by atoms with van der Waals surface area (Å²) in [6.45, 7) is 3.64. The first-order valence-electron chi connectivity index (χ1n) is 28.8. The quantitative estimate of drug-likeness (QED) is 0.0232. The van der Waals surface area contributed by atoms with Gasteiger partial charge in [0.2, 0.25) is 5.91 Å². The third-order valence-corrected chi connectivity index (χ3v) is 13.8. The van der Waals surface area contributed by atoms with Crippen LogP contribution in [0.25, 0.3) is 0 Å². The van der Waals surface area contributed by atoms with Crippen molar-refractivity contribution in [3.8, 4) is 0 Å². The number of nitrogens with one attached hydrogen (secondary N) is 1. The molecule has 0 aromatic rings. The molecule has 1 aliphatic rings. The molecule has 10 nitrogen and oxygen atoms in total. The lowest BCUT2D eigenvalue weighted by Crippen LogP contribution is -2.60.